The monoisotopic (exact) mass is 250 g/mol. The van der Waals surface area contributed by atoms with E-state index in [1.165, 1.54) is 0 Å². The molecule has 0 amide bonds. The number of ether oxygens (including phenoxy) is 2. The zero-order valence-corrected chi connectivity index (χ0v) is 11.4. The first-order valence-corrected chi connectivity index (χ1v) is 6.65. The Morgan fingerprint density at radius 2 is 2.22 bits per heavy atom. The van der Waals surface area contributed by atoms with E-state index in [1.54, 1.807) is 0 Å². The fourth-order valence-corrected chi connectivity index (χ4v) is 2.22. The van der Waals surface area contributed by atoms with Gasteiger partial charge < -0.3 is 14.6 Å². The van der Waals surface area contributed by atoms with Gasteiger partial charge in [-0.05, 0) is 38.5 Å². The Morgan fingerprint density at radius 3 is 2.94 bits per heavy atom. The summed E-state index contributed by atoms with van der Waals surface area (Å²) in [4.78, 5) is 0. The van der Waals surface area contributed by atoms with Gasteiger partial charge in [0.1, 0.15) is 17.1 Å². The predicted molar refractivity (Wildman–Crippen MR) is 71.1 cm³/mol. The number of benzene rings is 1. The topological polar surface area (TPSA) is 38.7 Å². The van der Waals surface area contributed by atoms with Gasteiger partial charge in [-0.3, -0.25) is 0 Å². The van der Waals surface area contributed by atoms with Crippen LogP contribution in [0.15, 0.2) is 18.2 Å². The lowest BCUT2D eigenvalue weighted by Gasteiger charge is -2.35. The number of unbranched alkanes of at least 4 members (excludes halogenated alkanes) is 1. The second-order valence-electron chi connectivity index (χ2n) is 5.48. The van der Waals surface area contributed by atoms with Crippen LogP contribution in [0.2, 0.25) is 0 Å². The second-order valence-corrected chi connectivity index (χ2v) is 5.48. The van der Waals surface area contributed by atoms with Crippen molar-refractivity contribution in [2.45, 2.75) is 51.7 Å². The maximum atomic E-state index is 10.2. The summed E-state index contributed by atoms with van der Waals surface area (Å²) >= 11 is 0. The molecule has 18 heavy (non-hydrogen) atoms. The van der Waals surface area contributed by atoms with Crippen LogP contribution in [0.3, 0.4) is 0 Å². The number of hydrogen-bond donors (Lipinski definition) is 1. The lowest BCUT2D eigenvalue weighted by atomic mass is 9.92. The van der Waals surface area contributed by atoms with E-state index >= 15 is 0 Å². The summed E-state index contributed by atoms with van der Waals surface area (Å²) in [5.74, 6) is 1.58. The zero-order chi connectivity index (χ0) is 13.2. The van der Waals surface area contributed by atoms with Gasteiger partial charge in [0.05, 0.1) is 12.7 Å². The van der Waals surface area contributed by atoms with Crippen molar-refractivity contribution >= 4 is 0 Å². The van der Waals surface area contributed by atoms with Crippen LogP contribution >= 0.6 is 0 Å². The highest BCUT2D eigenvalue weighted by Crippen LogP contribution is 2.40. The molecule has 1 unspecified atom stereocenters. The molecule has 1 aliphatic heterocycles. The summed E-state index contributed by atoms with van der Waals surface area (Å²) in [5.41, 5.74) is 0.528. The van der Waals surface area contributed by atoms with Crippen LogP contribution in [0.25, 0.3) is 0 Å². The van der Waals surface area contributed by atoms with Crippen LogP contribution in [0.1, 0.15) is 51.7 Å². The maximum absolute atomic E-state index is 10.2. The van der Waals surface area contributed by atoms with Gasteiger partial charge in [-0.2, -0.15) is 0 Å². The van der Waals surface area contributed by atoms with Crippen LogP contribution < -0.4 is 9.47 Å². The minimum Gasteiger partial charge on any atom is -0.494 e. The van der Waals surface area contributed by atoms with Crippen molar-refractivity contribution in [1.82, 2.24) is 0 Å². The molecule has 0 saturated heterocycles. The fraction of sp³-hybridized carbons (Fsp3) is 0.600. The first-order chi connectivity index (χ1) is 8.52. The quantitative estimate of drug-likeness (QED) is 0.832. The molecular formula is C15H22O3. The third-order valence-electron chi connectivity index (χ3n) is 3.18. The third-order valence-corrected chi connectivity index (χ3v) is 3.18. The average Bonchev–Trinajstić information content (AvgIpc) is 2.29. The first kappa shape index (κ1) is 13.2. The Hall–Kier alpha value is -1.22. The van der Waals surface area contributed by atoms with Crippen LogP contribution in [0.5, 0.6) is 11.5 Å². The van der Waals surface area contributed by atoms with E-state index in [0.717, 1.165) is 36.5 Å². The first-order valence-electron chi connectivity index (χ1n) is 6.65. The van der Waals surface area contributed by atoms with Crippen LogP contribution in [0, 0.1) is 0 Å². The van der Waals surface area contributed by atoms with E-state index in [0.29, 0.717) is 6.42 Å². The number of aliphatic hydroxyl groups excluding tert-OH is 1. The largest absolute Gasteiger partial charge is 0.494 e. The minimum absolute atomic E-state index is 0.309. The van der Waals surface area contributed by atoms with Crippen molar-refractivity contribution in [1.29, 1.82) is 0 Å². The molecule has 0 aliphatic carbocycles. The van der Waals surface area contributed by atoms with Crippen molar-refractivity contribution in [3.63, 3.8) is 0 Å². The molecule has 1 atom stereocenters. The van der Waals surface area contributed by atoms with Gasteiger partial charge in [0, 0.05) is 12.0 Å². The van der Waals surface area contributed by atoms with Gasteiger partial charge in [-0.25, -0.2) is 0 Å². The maximum Gasteiger partial charge on any atom is 0.126 e. The lowest BCUT2D eigenvalue weighted by molar-refractivity contribution is 0.0113. The van der Waals surface area contributed by atoms with E-state index in [2.05, 4.69) is 6.92 Å². The fourth-order valence-electron chi connectivity index (χ4n) is 2.22. The summed E-state index contributed by atoms with van der Waals surface area (Å²) in [6.07, 6.45) is 2.30. The molecule has 0 bridgehead atoms. The van der Waals surface area contributed by atoms with Crippen molar-refractivity contribution in [2.75, 3.05) is 6.61 Å². The molecule has 0 fully saturated rings. The Morgan fingerprint density at radius 1 is 1.44 bits per heavy atom. The van der Waals surface area contributed by atoms with Crippen molar-refractivity contribution in [2.24, 2.45) is 0 Å². The highest BCUT2D eigenvalue weighted by Gasteiger charge is 2.32. The molecule has 0 aromatic heterocycles. The van der Waals surface area contributed by atoms with E-state index in [4.69, 9.17) is 9.47 Å². The zero-order valence-electron chi connectivity index (χ0n) is 11.4. The molecule has 1 N–H and O–H groups in total. The highest BCUT2D eigenvalue weighted by molar-refractivity contribution is 5.43. The number of rotatable bonds is 4. The van der Waals surface area contributed by atoms with Gasteiger partial charge in [0.25, 0.3) is 0 Å². The molecule has 0 spiro atoms. The summed E-state index contributed by atoms with van der Waals surface area (Å²) in [6.45, 7) is 6.84. The molecule has 1 heterocycles. The molecular weight excluding hydrogens is 228 g/mol. The number of hydrogen-bond acceptors (Lipinski definition) is 3. The molecule has 3 heteroatoms. The summed E-state index contributed by atoms with van der Waals surface area (Å²) in [7, 11) is 0. The van der Waals surface area contributed by atoms with Crippen molar-refractivity contribution in [3.05, 3.63) is 23.8 Å². The summed E-state index contributed by atoms with van der Waals surface area (Å²) in [5, 5.41) is 10.2. The molecule has 100 valence electrons. The minimum atomic E-state index is -0.474. The molecule has 3 nitrogen and oxygen atoms in total. The molecule has 1 aliphatic rings. The van der Waals surface area contributed by atoms with Crippen LogP contribution in [0.4, 0.5) is 0 Å². The van der Waals surface area contributed by atoms with Crippen molar-refractivity contribution in [3.8, 4) is 11.5 Å². The van der Waals surface area contributed by atoms with Gasteiger partial charge in [-0.15, -0.1) is 0 Å². The Balaban J connectivity index is 2.14. The van der Waals surface area contributed by atoms with Crippen molar-refractivity contribution < 1.29 is 14.6 Å². The number of aliphatic hydroxyl groups is 1. The summed E-state index contributed by atoms with van der Waals surface area (Å²) < 4.78 is 11.5. The lowest BCUT2D eigenvalue weighted by Crippen LogP contribution is -2.34. The van der Waals surface area contributed by atoms with Gasteiger partial charge in [0.2, 0.25) is 0 Å². The highest BCUT2D eigenvalue weighted by atomic mass is 16.5. The van der Waals surface area contributed by atoms with Gasteiger partial charge in [-0.1, -0.05) is 13.3 Å². The molecule has 1 aromatic carbocycles. The number of fused-ring (bicyclic) bond motifs is 1. The molecule has 0 radical (unpaired) electrons. The normalized spacial score (nSPS) is 21.0. The van der Waals surface area contributed by atoms with Crippen LogP contribution in [-0.4, -0.2) is 17.3 Å². The van der Waals surface area contributed by atoms with E-state index in [-0.39, 0.29) is 5.60 Å². The standard InChI is InChI=1S/C15H22O3/c1-4-5-8-17-11-6-7-14-12(9-11)13(16)10-15(2,3)18-14/h6-7,9,13,16H,4-5,8,10H2,1-3H3. The average molecular weight is 250 g/mol. The van der Waals surface area contributed by atoms with E-state index < -0.39 is 6.10 Å². The SMILES string of the molecule is CCCCOc1ccc2c(c1)C(O)CC(C)(C)O2. The Bertz CT molecular complexity index is 412. The van der Waals surface area contributed by atoms with Crippen LogP contribution in [-0.2, 0) is 0 Å². The molecule has 1 aromatic rings. The second kappa shape index (κ2) is 5.19. The third kappa shape index (κ3) is 2.96. The Labute approximate surface area is 109 Å². The predicted octanol–water partition coefficient (Wildman–Crippen LogP) is 3.46. The molecule has 0 saturated carbocycles. The summed E-state index contributed by atoms with van der Waals surface area (Å²) in [6, 6.07) is 5.69. The van der Waals surface area contributed by atoms with E-state index in [9.17, 15) is 5.11 Å². The molecule has 2 rings (SSSR count). The van der Waals surface area contributed by atoms with Gasteiger partial charge in [0.15, 0.2) is 0 Å². The van der Waals surface area contributed by atoms with E-state index in [1.807, 2.05) is 32.0 Å². The smallest absolute Gasteiger partial charge is 0.126 e. The Kier molecular flexibility index (Phi) is 3.81. The van der Waals surface area contributed by atoms with Gasteiger partial charge >= 0.3 is 0 Å².